The Morgan fingerprint density at radius 1 is 1.03 bits per heavy atom. The highest BCUT2D eigenvalue weighted by Gasteiger charge is 2.36. The number of carboxylic acid groups (broad SMARTS) is 1. The molecule has 3 N–H and O–H groups in total. The molecule has 2 aromatic rings. The van der Waals surface area contributed by atoms with E-state index >= 15 is 0 Å². The van der Waals surface area contributed by atoms with Crippen LogP contribution in [0.4, 0.5) is 4.79 Å². The van der Waals surface area contributed by atoms with Gasteiger partial charge in [-0.05, 0) is 34.1 Å². The van der Waals surface area contributed by atoms with Gasteiger partial charge in [-0.15, -0.1) is 6.58 Å². The molecule has 2 atom stereocenters. The lowest BCUT2D eigenvalue weighted by molar-refractivity contribution is -0.142. The minimum atomic E-state index is -1.17. The van der Waals surface area contributed by atoms with Crippen molar-refractivity contribution in [3.8, 4) is 11.1 Å². The zero-order valence-electron chi connectivity index (χ0n) is 19.1. The molecule has 0 fully saturated rings. The zero-order chi connectivity index (χ0) is 24.2. The van der Waals surface area contributed by atoms with E-state index in [-0.39, 0.29) is 18.9 Å². The first-order valence-corrected chi connectivity index (χ1v) is 10.9. The summed E-state index contributed by atoms with van der Waals surface area (Å²) < 4.78 is 5.55. The maximum Gasteiger partial charge on any atom is 0.407 e. The highest BCUT2D eigenvalue weighted by molar-refractivity contribution is 5.90. The monoisotopic (exact) mass is 450 g/mol. The molecule has 0 spiro atoms. The summed E-state index contributed by atoms with van der Waals surface area (Å²) in [5.41, 5.74) is 3.75. The Balaban J connectivity index is 1.70. The summed E-state index contributed by atoms with van der Waals surface area (Å²) >= 11 is 0. The fourth-order valence-corrected chi connectivity index (χ4v) is 4.08. The zero-order valence-corrected chi connectivity index (χ0v) is 19.1. The number of hydrogen-bond donors (Lipinski definition) is 3. The summed E-state index contributed by atoms with van der Waals surface area (Å²) in [6.45, 7) is 8.99. The van der Waals surface area contributed by atoms with E-state index in [1.807, 2.05) is 36.4 Å². The van der Waals surface area contributed by atoms with Crippen LogP contribution in [0.2, 0.25) is 0 Å². The van der Waals surface area contributed by atoms with E-state index in [2.05, 4.69) is 29.3 Å². The number of aliphatic carboxylic acids is 1. The standard InChI is InChI=1S/C26H30N2O5/c1-5-10-21(24(30)31)27-23(29)22(26(2,3)4)28-25(32)33-15-20-18-13-8-6-11-16(18)17-12-7-9-14-19(17)20/h5-9,11-14,20-22H,1,10,15H2,2-4H3,(H,27,29)(H,28,32)(H,30,31)/t21?,22-/m1/s1. The first-order valence-electron chi connectivity index (χ1n) is 10.9. The van der Waals surface area contributed by atoms with Crippen LogP contribution in [0.3, 0.4) is 0 Å². The number of nitrogens with one attached hydrogen (secondary N) is 2. The van der Waals surface area contributed by atoms with E-state index in [0.717, 1.165) is 22.3 Å². The summed E-state index contributed by atoms with van der Waals surface area (Å²) in [4.78, 5) is 36.9. The van der Waals surface area contributed by atoms with Gasteiger partial charge in [0, 0.05) is 5.92 Å². The third-order valence-corrected chi connectivity index (χ3v) is 5.75. The van der Waals surface area contributed by atoms with Gasteiger partial charge in [-0.3, -0.25) is 4.79 Å². The Hall–Kier alpha value is -3.61. The van der Waals surface area contributed by atoms with Gasteiger partial charge in [-0.25, -0.2) is 9.59 Å². The number of benzene rings is 2. The smallest absolute Gasteiger partial charge is 0.407 e. The molecule has 0 saturated heterocycles. The van der Waals surface area contributed by atoms with Crippen molar-refractivity contribution in [3.05, 3.63) is 72.3 Å². The molecule has 2 aromatic carbocycles. The van der Waals surface area contributed by atoms with Crippen molar-refractivity contribution in [1.29, 1.82) is 0 Å². The summed E-state index contributed by atoms with van der Waals surface area (Å²) in [5.74, 6) is -1.86. The lowest BCUT2D eigenvalue weighted by atomic mass is 9.86. The van der Waals surface area contributed by atoms with Gasteiger partial charge in [0.15, 0.2) is 0 Å². The molecule has 1 aliphatic rings. The molecule has 1 unspecified atom stereocenters. The number of hydrogen-bond acceptors (Lipinski definition) is 4. The Bertz CT molecular complexity index is 1010. The predicted octanol–water partition coefficient (Wildman–Crippen LogP) is 4.09. The van der Waals surface area contributed by atoms with Crippen molar-refractivity contribution in [2.24, 2.45) is 5.41 Å². The maximum atomic E-state index is 12.8. The predicted molar refractivity (Wildman–Crippen MR) is 126 cm³/mol. The van der Waals surface area contributed by atoms with Gasteiger partial charge in [0.25, 0.3) is 0 Å². The van der Waals surface area contributed by atoms with Crippen LogP contribution in [0, 0.1) is 5.41 Å². The highest BCUT2D eigenvalue weighted by atomic mass is 16.5. The molecule has 0 heterocycles. The van der Waals surface area contributed by atoms with E-state index in [4.69, 9.17) is 4.74 Å². The van der Waals surface area contributed by atoms with Crippen LogP contribution in [-0.2, 0) is 14.3 Å². The number of carbonyl (C=O) groups excluding carboxylic acids is 2. The van der Waals surface area contributed by atoms with Crippen LogP contribution >= 0.6 is 0 Å². The van der Waals surface area contributed by atoms with Crippen LogP contribution < -0.4 is 10.6 Å². The van der Waals surface area contributed by atoms with Crippen LogP contribution in [0.5, 0.6) is 0 Å². The number of fused-ring (bicyclic) bond motifs is 3. The number of ether oxygens (including phenoxy) is 1. The Labute approximate surface area is 193 Å². The molecule has 0 saturated carbocycles. The molecule has 174 valence electrons. The average molecular weight is 451 g/mol. The molecule has 0 aromatic heterocycles. The molecule has 7 nitrogen and oxygen atoms in total. The van der Waals surface area contributed by atoms with Gasteiger partial charge in [-0.2, -0.15) is 0 Å². The first kappa shape index (κ1) is 24.0. The molecule has 3 rings (SSSR count). The quantitative estimate of drug-likeness (QED) is 0.526. The van der Waals surface area contributed by atoms with E-state index in [0.29, 0.717) is 0 Å². The van der Waals surface area contributed by atoms with Crippen LogP contribution in [0.15, 0.2) is 61.2 Å². The summed E-state index contributed by atoms with van der Waals surface area (Å²) in [7, 11) is 0. The molecule has 2 amide bonds. The van der Waals surface area contributed by atoms with Gasteiger partial charge >= 0.3 is 12.1 Å². The van der Waals surface area contributed by atoms with Gasteiger partial charge in [0.05, 0.1) is 0 Å². The maximum absolute atomic E-state index is 12.8. The lowest BCUT2D eigenvalue weighted by Crippen LogP contribution is -2.56. The van der Waals surface area contributed by atoms with E-state index in [1.54, 1.807) is 20.8 Å². The van der Waals surface area contributed by atoms with Gasteiger partial charge in [0.1, 0.15) is 18.7 Å². The van der Waals surface area contributed by atoms with Crippen molar-refractivity contribution in [3.63, 3.8) is 0 Å². The third-order valence-electron chi connectivity index (χ3n) is 5.75. The Morgan fingerprint density at radius 3 is 2.06 bits per heavy atom. The summed E-state index contributed by atoms with van der Waals surface area (Å²) in [6, 6.07) is 13.9. The van der Waals surface area contributed by atoms with E-state index < -0.39 is 35.5 Å². The largest absolute Gasteiger partial charge is 0.480 e. The second-order valence-electron chi connectivity index (χ2n) is 9.19. The second-order valence-corrected chi connectivity index (χ2v) is 9.19. The number of amides is 2. The van der Waals surface area contributed by atoms with E-state index in [1.165, 1.54) is 6.08 Å². The second kappa shape index (κ2) is 9.90. The fourth-order valence-electron chi connectivity index (χ4n) is 4.08. The van der Waals surface area contributed by atoms with Gasteiger partial charge in [-0.1, -0.05) is 75.4 Å². The van der Waals surface area contributed by atoms with Crippen LogP contribution in [0.1, 0.15) is 44.2 Å². The van der Waals surface area contributed by atoms with Crippen LogP contribution in [-0.4, -0.2) is 41.8 Å². The van der Waals surface area contributed by atoms with Crippen molar-refractivity contribution in [1.82, 2.24) is 10.6 Å². The molecule has 7 heteroatoms. The molecular formula is C26H30N2O5. The van der Waals surface area contributed by atoms with Crippen molar-refractivity contribution in [2.45, 2.75) is 45.2 Å². The fraction of sp³-hybridized carbons (Fsp3) is 0.346. The van der Waals surface area contributed by atoms with Crippen molar-refractivity contribution >= 4 is 18.0 Å². The molecule has 0 aliphatic heterocycles. The normalized spacial score (nSPS) is 14.4. The topological polar surface area (TPSA) is 105 Å². The SMILES string of the molecule is C=CCC(NC(=O)[C@@H](NC(=O)OCC1c2ccccc2-c2ccccc21)C(C)(C)C)C(=O)O. The first-order chi connectivity index (χ1) is 15.6. The Kier molecular flexibility index (Phi) is 7.21. The average Bonchev–Trinajstić information content (AvgIpc) is 3.08. The number of carbonyl (C=O) groups is 3. The molecule has 0 radical (unpaired) electrons. The molecule has 1 aliphatic carbocycles. The Morgan fingerprint density at radius 2 is 1.58 bits per heavy atom. The summed E-state index contributed by atoms with van der Waals surface area (Å²) in [5, 5.41) is 14.4. The highest BCUT2D eigenvalue weighted by Crippen LogP contribution is 2.44. The minimum Gasteiger partial charge on any atom is -0.480 e. The van der Waals surface area contributed by atoms with Crippen molar-refractivity contribution < 1.29 is 24.2 Å². The molecular weight excluding hydrogens is 420 g/mol. The number of rotatable bonds is 8. The van der Waals surface area contributed by atoms with E-state index in [9.17, 15) is 19.5 Å². The van der Waals surface area contributed by atoms with Gasteiger partial charge < -0.3 is 20.5 Å². The lowest BCUT2D eigenvalue weighted by Gasteiger charge is -2.31. The number of carboxylic acids is 1. The number of alkyl carbamates (subject to hydrolysis) is 1. The summed E-state index contributed by atoms with van der Waals surface area (Å²) in [6.07, 6.45) is 0.759. The molecule has 33 heavy (non-hydrogen) atoms. The molecule has 0 bridgehead atoms. The minimum absolute atomic E-state index is 0.0723. The van der Waals surface area contributed by atoms with Gasteiger partial charge in [0.2, 0.25) is 5.91 Å². The third kappa shape index (κ3) is 5.42. The van der Waals surface area contributed by atoms with Crippen molar-refractivity contribution in [2.75, 3.05) is 6.61 Å². The van der Waals surface area contributed by atoms with Crippen LogP contribution in [0.25, 0.3) is 11.1 Å².